The van der Waals surface area contributed by atoms with Crippen LogP contribution in [0.2, 0.25) is 0 Å². The summed E-state index contributed by atoms with van der Waals surface area (Å²) >= 11 is 0. The first kappa shape index (κ1) is 58.9. The minimum absolute atomic E-state index is 0.0292. The standard InChI is InChI=1S/C54H86O21/c1-12-24(2)49(62)72-38-20-34-33(54(63)18-16-32(53(38,54)9)25(3)66-29(7)56)14-13-30-19-31(15-17-52(30,34)8)70-39-21-35(64-10)46(26(4)67-39)73-40-22-36(65-11)47(27(5)68-40)74-50-45(61)43(59)48(28(6)69-50)75-51-44(60)42(58)41(57)37(23-55)71-51/h12-13,25-28,31-48,50-51,55,57-61,63H,14-23H2,1-11H3/b24-12+/t25-,26-,27-,28-,31+,32-,33-,34+,35+,36+,37-,38-,39+,40+,41-,42+,43-,44-,45-,46-,47-,48-,50+,51+,52+,53+,54+/m1/s1. The third kappa shape index (κ3) is 11.0. The molecule has 4 saturated heterocycles. The summed E-state index contributed by atoms with van der Waals surface area (Å²) in [5.41, 5.74) is -0.511. The molecule has 7 N–H and O–H groups in total. The maximum Gasteiger partial charge on any atom is 0.333 e. The van der Waals surface area contributed by atoms with E-state index in [0.29, 0.717) is 44.1 Å². The van der Waals surface area contributed by atoms with Crippen molar-refractivity contribution in [3.8, 4) is 0 Å². The molecule has 0 spiro atoms. The monoisotopic (exact) mass is 1070 g/mol. The van der Waals surface area contributed by atoms with Gasteiger partial charge in [0.15, 0.2) is 25.2 Å². The number of ether oxygens (including phenoxy) is 12. The van der Waals surface area contributed by atoms with Crippen LogP contribution in [0.5, 0.6) is 0 Å². The van der Waals surface area contributed by atoms with E-state index in [1.165, 1.54) is 19.6 Å². The molecule has 0 aromatic carbocycles. The molecule has 4 aliphatic carbocycles. The van der Waals surface area contributed by atoms with Gasteiger partial charge in [0.2, 0.25) is 0 Å². The summed E-state index contributed by atoms with van der Waals surface area (Å²) in [6.07, 6.45) is -11.4. The molecule has 21 heteroatoms. The molecule has 0 amide bonds. The van der Waals surface area contributed by atoms with E-state index in [1.807, 2.05) is 20.8 Å². The van der Waals surface area contributed by atoms with Gasteiger partial charge >= 0.3 is 11.9 Å². The summed E-state index contributed by atoms with van der Waals surface area (Å²) < 4.78 is 73.9. The van der Waals surface area contributed by atoms with E-state index in [0.717, 1.165) is 12.8 Å². The third-order valence-electron chi connectivity index (χ3n) is 19.0. The van der Waals surface area contributed by atoms with Gasteiger partial charge in [-0.1, -0.05) is 31.6 Å². The van der Waals surface area contributed by atoms with Crippen LogP contribution in [-0.4, -0.2) is 203 Å². The number of carbonyl (C=O) groups excluding carboxylic acids is 2. The molecule has 0 aromatic heterocycles. The van der Waals surface area contributed by atoms with Crippen LogP contribution in [-0.2, 0) is 66.4 Å². The number of hydrogen-bond acceptors (Lipinski definition) is 21. The molecule has 8 rings (SSSR count). The molecule has 21 nitrogen and oxygen atoms in total. The van der Waals surface area contributed by atoms with Crippen LogP contribution < -0.4 is 0 Å². The van der Waals surface area contributed by atoms with Gasteiger partial charge in [-0.05, 0) is 104 Å². The fraction of sp³-hybridized carbons (Fsp3) is 0.889. The van der Waals surface area contributed by atoms with Crippen molar-refractivity contribution >= 4 is 11.9 Å². The van der Waals surface area contributed by atoms with E-state index >= 15 is 0 Å². The number of carbonyl (C=O) groups is 2. The second kappa shape index (κ2) is 23.4. The number of methoxy groups -OCH3 is 2. The number of hydrogen-bond donors (Lipinski definition) is 7. The van der Waals surface area contributed by atoms with E-state index in [4.69, 9.17) is 56.8 Å². The lowest BCUT2D eigenvalue weighted by molar-refractivity contribution is -0.372. The number of aliphatic hydroxyl groups excluding tert-OH is 6. The Hall–Kier alpha value is -2.26. The average Bonchev–Trinajstić information content (AvgIpc) is 3.71. The van der Waals surface area contributed by atoms with Gasteiger partial charge in [-0.15, -0.1) is 0 Å². The zero-order chi connectivity index (χ0) is 54.6. The number of esters is 2. The highest BCUT2D eigenvalue weighted by Gasteiger charge is 2.72. The molecule has 0 aromatic rings. The molecular weight excluding hydrogens is 985 g/mol. The van der Waals surface area contributed by atoms with Crippen LogP contribution in [0.15, 0.2) is 23.3 Å². The molecule has 0 bridgehead atoms. The Kier molecular flexibility index (Phi) is 18.4. The zero-order valence-electron chi connectivity index (χ0n) is 45.4. The van der Waals surface area contributed by atoms with Crippen LogP contribution >= 0.6 is 0 Å². The second-order valence-corrected chi connectivity index (χ2v) is 23.1. The third-order valence-corrected chi connectivity index (χ3v) is 19.0. The minimum atomic E-state index is -1.73. The van der Waals surface area contributed by atoms with Crippen LogP contribution in [0.4, 0.5) is 0 Å². The van der Waals surface area contributed by atoms with Crippen molar-refractivity contribution in [1.82, 2.24) is 0 Å². The molecule has 27 atom stereocenters. The molecule has 7 fully saturated rings. The van der Waals surface area contributed by atoms with Crippen LogP contribution in [0.1, 0.15) is 120 Å². The Bertz CT molecular complexity index is 2040. The molecule has 428 valence electrons. The molecule has 0 radical (unpaired) electrons. The molecule has 8 aliphatic rings. The van der Waals surface area contributed by atoms with Gasteiger partial charge in [-0.3, -0.25) is 4.79 Å². The number of aliphatic hydroxyl groups is 7. The van der Waals surface area contributed by atoms with Crippen molar-refractivity contribution in [3.63, 3.8) is 0 Å². The van der Waals surface area contributed by atoms with E-state index in [1.54, 1.807) is 40.9 Å². The fourth-order valence-electron chi connectivity index (χ4n) is 14.5. The Labute approximate surface area is 440 Å². The maximum absolute atomic E-state index is 13.5. The van der Waals surface area contributed by atoms with Crippen LogP contribution in [0, 0.1) is 28.6 Å². The summed E-state index contributed by atoms with van der Waals surface area (Å²) in [5.74, 6) is -1.04. The highest BCUT2D eigenvalue weighted by molar-refractivity contribution is 5.87. The predicted octanol–water partition coefficient (Wildman–Crippen LogP) is 2.23. The quantitative estimate of drug-likeness (QED) is 0.0703. The normalized spacial score (nSPS) is 49.7. The Balaban J connectivity index is 0.867. The van der Waals surface area contributed by atoms with Gasteiger partial charge in [0.25, 0.3) is 0 Å². The summed E-state index contributed by atoms with van der Waals surface area (Å²) in [4.78, 5) is 25.7. The van der Waals surface area contributed by atoms with E-state index in [-0.39, 0.29) is 41.7 Å². The van der Waals surface area contributed by atoms with Gasteiger partial charge < -0.3 is 92.6 Å². The number of rotatable bonds is 15. The molecular formula is C54H86O21. The number of fused-ring (bicyclic) bond motifs is 5. The van der Waals surface area contributed by atoms with Crippen LogP contribution in [0.3, 0.4) is 0 Å². The van der Waals surface area contributed by atoms with Crippen LogP contribution in [0.25, 0.3) is 0 Å². The van der Waals surface area contributed by atoms with Crippen molar-refractivity contribution in [3.05, 3.63) is 23.3 Å². The van der Waals surface area contributed by atoms with Gasteiger partial charge in [0, 0.05) is 50.9 Å². The van der Waals surface area contributed by atoms with Crippen molar-refractivity contribution in [2.75, 3.05) is 20.8 Å². The zero-order valence-corrected chi connectivity index (χ0v) is 45.4. The lowest BCUT2D eigenvalue weighted by atomic mass is 9.44. The molecule has 4 aliphatic heterocycles. The first-order valence-corrected chi connectivity index (χ1v) is 27.2. The molecule has 3 saturated carbocycles. The molecule has 4 heterocycles. The van der Waals surface area contributed by atoms with E-state index in [2.05, 4.69) is 13.0 Å². The number of allylic oxidation sites excluding steroid dienone is 2. The smallest absolute Gasteiger partial charge is 0.333 e. The van der Waals surface area contributed by atoms with E-state index < -0.39 is 146 Å². The minimum Gasteiger partial charge on any atom is -0.463 e. The fourth-order valence-corrected chi connectivity index (χ4v) is 14.5. The van der Waals surface area contributed by atoms with Gasteiger partial charge in [0.05, 0.1) is 48.8 Å². The van der Waals surface area contributed by atoms with Gasteiger partial charge in [-0.2, -0.15) is 0 Å². The van der Waals surface area contributed by atoms with Gasteiger partial charge in [-0.25, -0.2) is 4.79 Å². The van der Waals surface area contributed by atoms with Crippen molar-refractivity contribution < 1.29 is 102 Å². The summed E-state index contributed by atoms with van der Waals surface area (Å²) in [6, 6.07) is 0. The predicted molar refractivity (Wildman–Crippen MR) is 262 cm³/mol. The first-order valence-electron chi connectivity index (χ1n) is 27.2. The molecule has 0 unspecified atom stereocenters. The SMILES string of the molecule is C/C=C(\C)C(=O)O[C@@H]1C[C@H]2[C@@H](CC=C3C[C@@H](O[C@H]4C[C@H](OC)[C@H](O[C@H]5C[C@H](OC)[C@H](O[C@@H]6O[C@H](C)[C@@H](O[C@@H]7O[C@H](CO)[C@@H](O)[C@H](O)[C@H]7O)[C@H](O)[C@H]6O)[C@@H](C)O5)[C@@H](C)O4)CC[C@@]32C)[C@@]2(O)CC[C@H]([C@@H](C)OC(C)=O)[C@@]12C. The van der Waals surface area contributed by atoms with Crippen molar-refractivity contribution in [2.45, 2.75) is 255 Å². The Morgan fingerprint density at radius 2 is 1.33 bits per heavy atom. The highest BCUT2D eigenvalue weighted by atomic mass is 16.8. The Morgan fingerprint density at radius 1 is 0.747 bits per heavy atom. The maximum atomic E-state index is 13.5. The highest BCUT2D eigenvalue weighted by Crippen LogP contribution is 2.69. The summed E-state index contributed by atoms with van der Waals surface area (Å²) in [7, 11) is 3.14. The lowest BCUT2D eigenvalue weighted by Gasteiger charge is -2.63. The second-order valence-electron chi connectivity index (χ2n) is 23.1. The van der Waals surface area contributed by atoms with Crippen molar-refractivity contribution in [1.29, 1.82) is 0 Å². The first-order chi connectivity index (χ1) is 35.4. The van der Waals surface area contributed by atoms with Crippen molar-refractivity contribution in [2.24, 2.45) is 28.6 Å². The summed E-state index contributed by atoms with van der Waals surface area (Å²) in [6.45, 7) is 15.7. The van der Waals surface area contributed by atoms with Gasteiger partial charge in [0.1, 0.15) is 67.1 Å². The topological polar surface area (TPSA) is 287 Å². The Morgan fingerprint density at radius 3 is 1.95 bits per heavy atom. The molecule has 75 heavy (non-hydrogen) atoms. The summed E-state index contributed by atoms with van der Waals surface area (Å²) in [5, 5.41) is 76.0. The van der Waals surface area contributed by atoms with E-state index in [9.17, 15) is 45.3 Å². The average molecular weight is 1070 g/mol. The lowest BCUT2D eigenvalue weighted by Crippen LogP contribution is -2.67. The largest absolute Gasteiger partial charge is 0.463 e.